The van der Waals surface area contributed by atoms with Gasteiger partial charge in [0.25, 0.3) is 0 Å². The summed E-state index contributed by atoms with van der Waals surface area (Å²) in [6, 6.07) is 5.34. The van der Waals surface area contributed by atoms with E-state index >= 15 is 0 Å². The summed E-state index contributed by atoms with van der Waals surface area (Å²) in [4.78, 5) is 15.3. The highest BCUT2D eigenvalue weighted by molar-refractivity contribution is 5.70. The number of aliphatic hydroxyl groups is 1. The lowest BCUT2D eigenvalue weighted by Crippen LogP contribution is -2.55. The molecule has 1 N–H and O–H groups in total. The molecule has 1 aromatic carbocycles. The maximum atomic E-state index is 11.4. The van der Waals surface area contributed by atoms with Gasteiger partial charge < -0.3 is 14.7 Å². The van der Waals surface area contributed by atoms with Gasteiger partial charge in [-0.25, -0.2) is 0 Å². The molecule has 0 radical (unpaired) electrons. The quantitative estimate of drug-likeness (QED) is 0.658. The van der Waals surface area contributed by atoms with Crippen molar-refractivity contribution in [2.45, 2.75) is 32.4 Å². The molecule has 7 nitrogen and oxygen atoms in total. The van der Waals surface area contributed by atoms with E-state index in [1.165, 1.54) is 7.11 Å². The first kappa shape index (κ1) is 17.5. The van der Waals surface area contributed by atoms with Crippen LogP contribution < -0.4 is 9.64 Å². The second kappa shape index (κ2) is 6.72. The number of hydrogen-bond donors (Lipinski definition) is 1. The van der Waals surface area contributed by atoms with Crippen LogP contribution in [0.3, 0.4) is 0 Å². The van der Waals surface area contributed by atoms with Crippen LogP contribution in [0.15, 0.2) is 18.2 Å². The van der Waals surface area contributed by atoms with Crippen molar-refractivity contribution in [1.82, 2.24) is 4.90 Å². The number of nitro groups is 1. The zero-order valence-corrected chi connectivity index (χ0v) is 14.2. The summed E-state index contributed by atoms with van der Waals surface area (Å²) in [6.07, 6.45) is 0. The predicted octanol–water partition coefficient (Wildman–Crippen LogP) is 1.88. The number of β-amino-alcohol motifs (C(OH)–C–C–N with tert-alkyl or cyclic N) is 1. The topological polar surface area (TPSA) is 79.1 Å². The second-order valence-corrected chi connectivity index (χ2v) is 6.66. The number of nitrogens with zero attached hydrogens (tertiary/aromatic N) is 3. The highest BCUT2D eigenvalue weighted by Gasteiger charge is 2.31. The molecule has 1 aliphatic heterocycles. The van der Waals surface area contributed by atoms with Gasteiger partial charge in [0.15, 0.2) is 5.75 Å². The Hall–Kier alpha value is -1.86. The zero-order valence-electron chi connectivity index (χ0n) is 14.2. The standard InChI is InChI=1S/C16H25N3O4/c1-12-10-17(8-9-18(12)11-16(2,3)20)13-6-5-7-14(23-4)15(13)19(21)22/h5-7,12,20H,8-11H2,1-4H3/t12-/m1/s1. The minimum absolute atomic E-state index is 0.0122. The van der Waals surface area contributed by atoms with E-state index in [2.05, 4.69) is 11.8 Å². The summed E-state index contributed by atoms with van der Waals surface area (Å²) in [6.45, 7) is 8.34. The van der Waals surface area contributed by atoms with Crippen LogP contribution in [0, 0.1) is 10.1 Å². The van der Waals surface area contributed by atoms with Crippen molar-refractivity contribution >= 4 is 11.4 Å². The molecule has 1 heterocycles. The Morgan fingerprint density at radius 3 is 2.65 bits per heavy atom. The lowest BCUT2D eigenvalue weighted by Gasteiger charge is -2.42. The van der Waals surface area contributed by atoms with E-state index in [1.54, 1.807) is 32.0 Å². The average Bonchev–Trinajstić information content (AvgIpc) is 2.47. The second-order valence-electron chi connectivity index (χ2n) is 6.66. The third kappa shape index (κ3) is 4.11. The molecule has 0 aromatic heterocycles. The van der Waals surface area contributed by atoms with Crippen molar-refractivity contribution in [2.75, 3.05) is 38.2 Å². The van der Waals surface area contributed by atoms with E-state index in [4.69, 9.17) is 4.74 Å². The number of rotatable bonds is 5. The van der Waals surface area contributed by atoms with Crippen molar-refractivity contribution < 1.29 is 14.8 Å². The van der Waals surface area contributed by atoms with Gasteiger partial charge in [0.05, 0.1) is 17.6 Å². The third-order valence-corrected chi connectivity index (χ3v) is 4.08. The number of anilines is 1. The number of hydrogen-bond acceptors (Lipinski definition) is 6. The van der Waals surface area contributed by atoms with E-state index in [0.717, 1.165) is 6.54 Å². The van der Waals surface area contributed by atoms with E-state index in [0.29, 0.717) is 25.3 Å². The fourth-order valence-electron chi connectivity index (χ4n) is 3.06. The van der Waals surface area contributed by atoms with E-state index < -0.39 is 5.60 Å². The minimum Gasteiger partial charge on any atom is -0.490 e. The molecule has 2 rings (SSSR count). The Morgan fingerprint density at radius 1 is 1.43 bits per heavy atom. The molecule has 1 aromatic rings. The van der Waals surface area contributed by atoms with Crippen LogP contribution in [0.25, 0.3) is 0 Å². The largest absolute Gasteiger partial charge is 0.490 e. The molecular weight excluding hydrogens is 298 g/mol. The van der Waals surface area contributed by atoms with Crippen molar-refractivity contribution in [3.05, 3.63) is 28.3 Å². The predicted molar refractivity (Wildman–Crippen MR) is 89.2 cm³/mol. The molecule has 1 fully saturated rings. The van der Waals surface area contributed by atoms with Crippen LogP contribution in [0.2, 0.25) is 0 Å². The van der Waals surface area contributed by atoms with Crippen LogP contribution in [0.5, 0.6) is 5.75 Å². The number of benzene rings is 1. The summed E-state index contributed by atoms with van der Waals surface area (Å²) < 4.78 is 5.14. The van der Waals surface area contributed by atoms with Gasteiger partial charge in [-0.15, -0.1) is 0 Å². The van der Waals surface area contributed by atoms with Crippen LogP contribution >= 0.6 is 0 Å². The van der Waals surface area contributed by atoms with Crippen molar-refractivity contribution in [1.29, 1.82) is 0 Å². The Morgan fingerprint density at radius 2 is 2.13 bits per heavy atom. The van der Waals surface area contributed by atoms with Gasteiger partial charge >= 0.3 is 5.69 Å². The number of nitro benzene ring substituents is 1. The maximum absolute atomic E-state index is 11.4. The molecule has 0 saturated carbocycles. The minimum atomic E-state index is -0.752. The molecule has 0 spiro atoms. The monoisotopic (exact) mass is 323 g/mol. The number of methoxy groups -OCH3 is 1. The third-order valence-electron chi connectivity index (χ3n) is 4.08. The highest BCUT2D eigenvalue weighted by atomic mass is 16.6. The van der Waals surface area contributed by atoms with Crippen LogP contribution in [-0.2, 0) is 0 Å². The van der Waals surface area contributed by atoms with Crippen molar-refractivity contribution in [2.24, 2.45) is 0 Å². The van der Waals surface area contributed by atoms with Gasteiger partial charge in [-0.1, -0.05) is 6.07 Å². The number of para-hydroxylation sites is 1. The Balaban J connectivity index is 2.21. The zero-order chi connectivity index (χ0) is 17.2. The smallest absolute Gasteiger partial charge is 0.333 e. The summed E-state index contributed by atoms with van der Waals surface area (Å²) in [7, 11) is 1.44. The van der Waals surface area contributed by atoms with Crippen molar-refractivity contribution in [3.63, 3.8) is 0 Å². The van der Waals surface area contributed by atoms with Crippen LogP contribution in [-0.4, -0.2) is 59.9 Å². The van der Waals surface area contributed by atoms with Gasteiger partial charge in [0, 0.05) is 32.2 Å². The molecule has 0 bridgehead atoms. The molecule has 0 aliphatic carbocycles. The Bertz CT molecular complexity index is 571. The molecular formula is C16H25N3O4. The van der Waals surface area contributed by atoms with Gasteiger partial charge in [0.2, 0.25) is 0 Å². The molecule has 23 heavy (non-hydrogen) atoms. The fourth-order valence-corrected chi connectivity index (χ4v) is 3.06. The lowest BCUT2D eigenvalue weighted by atomic mass is 10.1. The first-order chi connectivity index (χ1) is 10.7. The number of ether oxygens (including phenoxy) is 1. The molecule has 1 atom stereocenters. The van der Waals surface area contributed by atoms with Gasteiger partial charge in [-0.3, -0.25) is 15.0 Å². The van der Waals surface area contributed by atoms with Crippen LogP contribution in [0.4, 0.5) is 11.4 Å². The van der Waals surface area contributed by atoms with Crippen LogP contribution in [0.1, 0.15) is 20.8 Å². The highest BCUT2D eigenvalue weighted by Crippen LogP contribution is 2.37. The van der Waals surface area contributed by atoms with Gasteiger partial charge in [-0.05, 0) is 32.9 Å². The molecule has 128 valence electrons. The first-order valence-electron chi connectivity index (χ1n) is 7.75. The number of piperazine rings is 1. The summed E-state index contributed by atoms with van der Waals surface area (Å²) >= 11 is 0. The lowest BCUT2D eigenvalue weighted by molar-refractivity contribution is -0.385. The molecule has 0 amide bonds. The molecule has 1 saturated heterocycles. The first-order valence-corrected chi connectivity index (χ1v) is 7.75. The van der Waals surface area contributed by atoms with E-state index in [-0.39, 0.29) is 22.4 Å². The summed E-state index contributed by atoms with van der Waals surface area (Å²) in [5.74, 6) is 0.277. The normalized spacial score (nSPS) is 19.7. The van der Waals surface area contributed by atoms with Crippen molar-refractivity contribution in [3.8, 4) is 5.75 Å². The van der Waals surface area contributed by atoms with E-state index in [9.17, 15) is 15.2 Å². The fraction of sp³-hybridized carbons (Fsp3) is 0.625. The average molecular weight is 323 g/mol. The molecule has 7 heteroatoms. The SMILES string of the molecule is COc1cccc(N2CCN(CC(C)(C)O)[C@H](C)C2)c1[N+](=O)[O-]. The molecule has 1 aliphatic rings. The molecule has 0 unspecified atom stereocenters. The van der Waals surface area contributed by atoms with Gasteiger partial charge in [0.1, 0.15) is 5.69 Å². The van der Waals surface area contributed by atoms with Gasteiger partial charge in [-0.2, -0.15) is 0 Å². The Kier molecular flexibility index (Phi) is 5.11. The maximum Gasteiger partial charge on any atom is 0.333 e. The van der Waals surface area contributed by atoms with E-state index in [1.807, 2.05) is 4.90 Å². The summed E-state index contributed by atoms with van der Waals surface area (Å²) in [5.41, 5.74) is -0.152. The summed E-state index contributed by atoms with van der Waals surface area (Å²) in [5, 5.41) is 21.4. The Labute approximate surface area is 136 Å².